The summed E-state index contributed by atoms with van der Waals surface area (Å²) >= 11 is 0. The predicted octanol–water partition coefficient (Wildman–Crippen LogP) is 2.84. The van der Waals surface area contributed by atoms with Gasteiger partial charge in [-0.1, -0.05) is 31.5 Å². The highest BCUT2D eigenvalue weighted by Crippen LogP contribution is 2.14. The molecule has 0 fully saturated rings. The topological polar surface area (TPSA) is 93.1 Å². The van der Waals surface area contributed by atoms with Gasteiger partial charge in [0, 0.05) is 23.7 Å². The quantitative estimate of drug-likeness (QED) is 0.622. The summed E-state index contributed by atoms with van der Waals surface area (Å²) in [6.45, 7) is 1.93. The molecule has 3 rings (SSSR count). The summed E-state index contributed by atoms with van der Waals surface area (Å²) in [5.74, 6) is -3.38. The second-order valence-corrected chi connectivity index (χ2v) is 6.64. The van der Waals surface area contributed by atoms with E-state index in [2.05, 4.69) is 15.7 Å². The van der Waals surface area contributed by atoms with Crippen LogP contribution in [-0.2, 0) is 11.3 Å². The normalized spacial score (nSPS) is 10.8. The first kappa shape index (κ1) is 21.1. The molecule has 7 nitrogen and oxygen atoms in total. The van der Waals surface area contributed by atoms with Crippen LogP contribution in [0.2, 0.25) is 0 Å². The molecule has 0 aliphatic heterocycles. The van der Waals surface area contributed by atoms with Crippen molar-refractivity contribution in [3.8, 4) is 0 Å². The molecule has 156 valence electrons. The zero-order valence-electron chi connectivity index (χ0n) is 16.2. The number of fused-ring (bicyclic) bond motifs is 1. The molecule has 1 heterocycles. The van der Waals surface area contributed by atoms with E-state index in [0.29, 0.717) is 17.3 Å². The molecule has 0 aliphatic rings. The van der Waals surface area contributed by atoms with Crippen molar-refractivity contribution >= 4 is 28.3 Å². The molecule has 2 N–H and O–H groups in total. The van der Waals surface area contributed by atoms with E-state index in [1.54, 1.807) is 24.3 Å². The summed E-state index contributed by atoms with van der Waals surface area (Å²) in [4.78, 5) is 37.3. The van der Waals surface area contributed by atoms with Crippen molar-refractivity contribution in [2.75, 3.05) is 11.9 Å². The molecule has 1 aromatic heterocycles. The number of carbonyl (C=O) groups excluding carboxylic acids is 2. The van der Waals surface area contributed by atoms with Gasteiger partial charge >= 0.3 is 0 Å². The van der Waals surface area contributed by atoms with E-state index in [-0.39, 0.29) is 16.9 Å². The third-order valence-corrected chi connectivity index (χ3v) is 4.42. The van der Waals surface area contributed by atoms with E-state index in [1.807, 2.05) is 6.92 Å². The number of anilines is 1. The molecular weight excluding hydrogens is 394 g/mol. The zero-order valence-corrected chi connectivity index (χ0v) is 16.2. The number of hydrogen-bond donors (Lipinski definition) is 2. The molecule has 0 unspecified atom stereocenters. The Hall–Kier alpha value is -3.62. The molecule has 30 heavy (non-hydrogen) atoms. The molecule has 0 atom stereocenters. The largest absolute Gasteiger partial charge is 0.342 e. The molecule has 0 bridgehead atoms. The first-order valence-corrected chi connectivity index (χ1v) is 9.43. The van der Waals surface area contributed by atoms with Gasteiger partial charge in [0.25, 0.3) is 11.5 Å². The van der Waals surface area contributed by atoms with Crippen molar-refractivity contribution in [3.05, 3.63) is 70.1 Å². The Kier molecular flexibility index (Phi) is 6.51. The van der Waals surface area contributed by atoms with Gasteiger partial charge < -0.3 is 10.6 Å². The molecule has 0 spiro atoms. The smallest absolute Gasteiger partial charge is 0.274 e. The highest BCUT2D eigenvalue weighted by Gasteiger charge is 2.17. The van der Waals surface area contributed by atoms with Gasteiger partial charge in [-0.05, 0) is 24.6 Å². The molecule has 0 saturated heterocycles. The lowest BCUT2D eigenvalue weighted by Crippen LogP contribution is -2.35. The fourth-order valence-corrected chi connectivity index (χ4v) is 2.89. The van der Waals surface area contributed by atoms with Crippen molar-refractivity contribution in [2.24, 2.45) is 0 Å². The fourth-order valence-electron chi connectivity index (χ4n) is 2.89. The van der Waals surface area contributed by atoms with E-state index < -0.39 is 30.0 Å². The maximum atomic E-state index is 13.2. The number of nitrogens with zero attached hydrogens (tertiary/aromatic N) is 2. The van der Waals surface area contributed by atoms with Crippen molar-refractivity contribution in [1.82, 2.24) is 15.1 Å². The van der Waals surface area contributed by atoms with Crippen LogP contribution in [0.5, 0.6) is 0 Å². The van der Waals surface area contributed by atoms with E-state index in [9.17, 15) is 23.2 Å². The number of aryl methyl sites for hydroxylation is 1. The third kappa shape index (κ3) is 4.68. The number of amides is 2. The number of halogens is 2. The number of nitrogens with one attached hydrogen (secondary N) is 2. The summed E-state index contributed by atoms with van der Waals surface area (Å²) in [6.07, 6.45) is 1.58. The van der Waals surface area contributed by atoms with E-state index in [1.165, 1.54) is 10.7 Å². The SMILES string of the molecule is CCCCn1nc(C(=O)NCC(=O)Nc2ccc(F)c(F)c2)c2ccccc2c1=O. The van der Waals surface area contributed by atoms with Crippen LogP contribution in [0.3, 0.4) is 0 Å². The van der Waals surface area contributed by atoms with Crippen molar-refractivity contribution in [1.29, 1.82) is 0 Å². The first-order chi connectivity index (χ1) is 14.4. The lowest BCUT2D eigenvalue weighted by Gasteiger charge is -2.11. The maximum Gasteiger partial charge on any atom is 0.274 e. The van der Waals surface area contributed by atoms with Crippen LogP contribution in [0.1, 0.15) is 30.3 Å². The lowest BCUT2D eigenvalue weighted by atomic mass is 10.1. The Morgan fingerprint density at radius 1 is 1.07 bits per heavy atom. The maximum absolute atomic E-state index is 13.2. The highest BCUT2D eigenvalue weighted by atomic mass is 19.2. The summed E-state index contributed by atoms with van der Waals surface area (Å²) < 4.78 is 27.5. The van der Waals surface area contributed by atoms with Crippen LogP contribution < -0.4 is 16.2 Å². The molecular formula is C21H20F2N4O3. The molecule has 9 heteroatoms. The third-order valence-electron chi connectivity index (χ3n) is 4.42. The van der Waals surface area contributed by atoms with Gasteiger partial charge in [0.1, 0.15) is 0 Å². The van der Waals surface area contributed by atoms with Gasteiger partial charge in [0.05, 0.1) is 11.9 Å². The first-order valence-electron chi connectivity index (χ1n) is 9.43. The van der Waals surface area contributed by atoms with Gasteiger partial charge in [-0.25, -0.2) is 13.5 Å². The molecule has 0 aliphatic carbocycles. The molecule has 0 saturated carbocycles. The minimum absolute atomic E-state index is 0.0296. The van der Waals surface area contributed by atoms with Crippen LogP contribution in [0.4, 0.5) is 14.5 Å². The van der Waals surface area contributed by atoms with Crippen LogP contribution >= 0.6 is 0 Å². The summed E-state index contributed by atoms with van der Waals surface area (Å²) in [5, 5.41) is 9.74. The van der Waals surface area contributed by atoms with Crippen LogP contribution in [0.25, 0.3) is 10.8 Å². The molecule has 3 aromatic rings. The Labute approximate surface area is 170 Å². The molecule has 2 aromatic carbocycles. The van der Waals surface area contributed by atoms with Gasteiger partial charge in [-0.15, -0.1) is 0 Å². The monoisotopic (exact) mass is 414 g/mol. The summed E-state index contributed by atoms with van der Waals surface area (Å²) in [7, 11) is 0. The highest BCUT2D eigenvalue weighted by molar-refractivity contribution is 6.06. The second kappa shape index (κ2) is 9.25. The van der Waals surface area contributed by atoms with E-state index in [4.69, 9.17) is 0 Å². The van der Waals surface area contributed by atoms with Crippen molar-refractivity contribution in [2.45, 2.75) is 26.3 Å². The van der Waals surface area contributed by atoms with Crippen LogP contribution in [0.15, 0.2) is 47.3 Å². The standard InChI is InChI=1S/C21H20F2N4O3/c1-2-3-10-27-21(30)15-7-5-4-6-14(15)19(26-27)20(29)24-12-18(28)25-13-8-9-16(22)17(23)11-13/h4-9,11H,2-3,10,12H2,1H3,(H,24,29)(H,25,28). The Morgan fingerprint density at radius 3 is 2.50 bits per heavy atom. The zero-order chi connectivity index (χ0) is 21.7. The van der Waals surface area contributed by atoms with Gasteiger partial charge in [0.15, 0.2) is 17.3 Å². The number of benzene rings is 2. The molecule has 2 amide bonds. The van der Waals surface area contributed by atoms with Gasteiger partial charge in [-0.3, -0.25) is 14.4 Å². The van der Waals surface area contributed by atoms with Crippen molar-refractivity contribution in [3.63, 3.8) is 0 Å². The van der Waals surface area contributed by atoms with Crippen LogP contribution in [-0.4, -0.2) is 28.1 Å². The fraction of sp³-hybridized carbons (Fsp3) is 0.238. The van der Waals surface area contributed by atoms with Gasteiger partial charge in [0.2, 0.25) is 5.91 Å². The summed E-state index contributed by atoms with van der Waals surface area (Å²) in [6, 6.07) is 9.56. The average molecular weight is 414 g/mol. The van der Waals surface area contributed by atoms with Gasteiger partial charge in [-0.2, -0.15) is 5.10 Å². The van der Waals surface area contributed by atoms with E-state index >= 15 is 0 Å². The number of aromatic nitrogens is 2. The number of unbranched alkanes of at least 4 members (excludes halogenated alkanes) is 1. The van der Waals surface area contributed by atoms with Crippen LogP contribution in [0, 0.1) is 11.6 Å². The minimum atomic E-state index is -1.10. The lowest BCUT2D eigenvalue weighted by molar-refractivity contribution is -0.115. The minimum Gasteiger partial charge on any atom is -0.342 e. The summed E-state index contributed by atoms with van der Waals surface area (Å²) in [5.41, 5.74) is -0.196. The number of carbonyl (C=O) groups is 2. The molecule has 0 radical (unpaired) electrons. The number of hydrogen-bond acceptors (Lipinski definition) is 4. The Morgan fingerprint density at radius 2 is 1.80 bits per heavy atom. The second-order valence-electron chi connectivity index (χ2n) is 6.64. The van der Waals surface area contributed by atoms with E-state index in [0.717, 1.165) is 25.0 Å². The number of rotatable bonds is 7. The Balaban J connectivity index is 1.77. The average Bonchev–Trinajstić information content (AvgIpc) is 2.74. The van der Waals surface area contributed by atoms with Crippen molar-refractivity contribution < 1.29 is 18.4 Å². The Bertz CT molecular complexity index is 1160. The predicted molar refractivity (Wildman–Crippen MR) is 108 cm³/mol.